The van der Waals surface area contributed by atoms with Crippen LogP contribution in [0.4, 0.5) is 18.0 Å². The molecule has 2 N–H and O–H groups in total. The number of amides is 1. The van der Waals surface area contributed by atoms with E-state index in [1.807, 2.05) is 0 Å². The predicted molar refractivity (Wildman–Crippen MR) is 85.9 cm³/mol. The van der Waals surface area contributed by atoms with E-state index in [2.05, 4.69) is 5.43 Å². The fourth-order valence-corrected chi connectivity index (χ4v) is 2.67. The summed E-state index contributed by atoms with van der Waals surface area (Å²) in [6.45, 7) is 4.88. The summed E-state index contributed by atoms with van der Waals surface area (Å²) in [6.07, 6.45) is -3.12. The lowest BCUT2D eigenvalue weighted by Gasteiger charge is -2.31. The van der Waals surface area contributed by atoms with E-state index in [4.69, 9.17) is 9.47 Å². The van der Waals surface area contributed by atoms with Crippen LogP contribution in [0.3, 0.4) is 0 Å². The molecule has 0 aromatic heterocycles. The Morgan fingerprint density at radius 1 is 1.40 bits per heavy atom. The molecule has 1 aliphatic carbocycles. The van der Waals surface area contributed by atoms with Crippen molar-refractivity contribution < 1.29 is 32.5 Å². The third kappa shape index (κ3) is 5.36. The van der Waals surface area contributed by atoms with Gasteiger partial charge in [-0.15, -0.1) is 0 Å². The molecule has 1 heterocycles. The van der Waals surface area contributed by atoms with Crippen molar-refractivity contribution in [3.8, 4) is 0 Å². The second-order valence-electron chi connectivity index (χ2n) is 8.00. The lowest BCUT2D eigenvalue weighted by Crippen LogP contribution is -2.46. The van der Waals surface area contributed by atoms with Crippen molar-refractivity contribution in [1.82, 2.24) is 10.4 Å². The van der Waals surface area contributed by atoms with E-state index < -0.39 is 41.4 Å². The van der Waals surface area contributed by atoms with Gasteiger partial charge in [0.05, 0.1) is 17.5 Å². The zero-order chi connectivity index (χ0) is 19.1. The minimum Gasteiger partial charge on any atom is -0.442 e. The topological polar surface area (TPSA) is 71.0 Å². The van der Waals surface area contributed by atoms with Gasteiger partial charge in [0.25, 0.3) is 0 Å². The van der Waals surface area contributed by atoms with Crippen molar-refractivity contribution in [2.24, 2.45) is 5.41 Å². The number of carbonyl (C=O) groups excluding carboxylic acids is 1. The number of carbonyl (C=O) groups is 1. The Balaban J connectivity index is 1.80. The van der Waals surface area contributed by atoms with E-state index in [1.54, 1.807) is 20.8 Å². The number of aliphatic hydroxyl groups is 1. The molecule has 2 unspecified atom stereocenters. The van der Waals surface area contributed by atoms with E-state index in [9.17, 15) is 23.1 Å². The van der Waals surface area contributed by atoms with Crippen LogP contribution < -0.4 is 5.43 Å². The van der Waals surface area contributed by atoms with Gasteiger partial charge in [0.15, 0.2) is 0 Å². The van der Waals surface area contributed by atoms with Crippen LogP contribution in [0.25, 0.3) is 0 Å². The van der Waals surface area contributed by atoms with Gasteiger partial charge in [-0.2, -0.15) is 18.6 Å². The number of rotatable bonds is 5. The lowest BCUT2D eigenvalue weighted by molar-refractivity contribution is -0.200. The van der Waals surface area contributed by atoms with E-state index in [0.717, 1.165) is 5.01 Å². The molecule has 1 aliphatic heterocycles. The van der Waals surface area contributed by atoms with Crippen LogP contribution in [-0.4, -0.2) is 54.2 Å². The molecule has 0 aromatic carbocycles. The maximum atomic E-state index is 13.0. The van der Waals surface area contributed by atoms with Crippen molar-refractivity contribution >= 4 is 13.9 Å². The standard InChI is InChI=1S/C15H24BF3N2O4/c1-12(2,3)25-11(22)21-7-4-10(20-21)24-9-14(16,23)8-13(5-6-13)15(17,18)19/h4,7,10,20,23H,5-6,8-9,16H2,1-3H3. The van der Waals surface area contributed by atoms with E-state index in [0.29, 0.717) is 0 Å². The Bertz CT molecular complexity index is 542. The molecule has 0 radical (unpaired) electrons. The van der Waals surface area contributed by atoms with Gasteiger partial charge in [-0.1, -0.05) is 0 Å². The molecule has 142 valence electrons. The average molecular weight is 364 g/mol. The molecule has 0 aromatic rings. The van der Waals surface area contributed by atoms with Gasteiger partial charge in [0, 0.05) is 6.20 Å². The second-order valence-corrected chi connectivity index (χ2v) is 8.00. The van der Waals surface area contributed by atoms with Gasteiger partial charge in [-0.3, -0.25) is 0 Å². The first kappa shape index (κ1) is 20.1. The number of nitrogens with one attached hydrogen (secondary N) is 1. The summed E-state index contributed by atoms with van der Waals surface area (Å²) in [5.41, 5.74) is -1.40. The van der Waals surface area contributed by atoms with Gasteiger partial charge in [0.2, 0.25) is 0 Å². The third-order valence-corrected chi connectivity index (χ3v) is 4.01. The molecule has 0 saturated heterocycles. The Morgan fingerprint density at radius 3 is 2.48 bits per heavy atom. The van der Waals surface area contributed by atoms with Crippen LogP contribution in [-0.2, 0) is 9.47 Å². The van der Waals surface area contributed by atoms with Gasteiger partial charge < -0.3 is 14.6 Å². The number of halogens is 3. The number of hydrazine groups is 1. The molecular formula is C15H24BF3N2O4. The fourth-order valence-electron chi connectivity index (χ4n) is 2.67. The average Bonchev–Trinajstić information content (AvgIpc) is 3.02. The smallest absolute Gasteiger partial charge is 0.429 e. The first-order valence-corrected chi connectivity index (χ1v) is 8.11. The minimum absolute atomic E-state index is 0.0284. The molecular weight excluding hydrogens is 340 g/mol. The normalized spacial score (nSPS) is 24.9. The van der Waals surface area contributed by atoms with Crippen molar-refractivity contribution in [1.29, 1.82) is 0 Å². The van der Waals surface area contributed by atoms with Crippen LogP contribution in [0.15, 0.2) is 12.3 Å². The van der Waals surface area contributed by atoms with Crippen molar-refractivity contribution in [2.75, 3.05) is 6.61 Å². The highest BCUT2D eigenvalue weighted by molar-refractivity contribution is 6.14. The summed E-state index contributed by atoms with van der Waals surface area (Å²) in [5.74, 6) is 0. The summed E-state index contributed by atoms with van der Waals surface area (Å²) < 4.78 is 49.6. The van der Waals surface area contributed by atoms with Gasteiger partial charge >= 0.3 is 12.3 Å². The first-order chi connectivity index (χ1) is 11.2. The fraction of sp³-hybridized carbons (Fsp3) is 0.800. The van der Waals surface area contributed by atoms with Gasteiger partial charge in [0.1, 0.15) is 19.7 Å². The van der Waals surface area contributed by atoms with Crippen LogP contribution in [0.1, 0.15) is 40.0 Å². The number of nitrogens with zero attached hydrogens (tertiary/aromatic N) is 1. The zero-order valence-electron chi connectivity index (χ0n) is 14.8. The van der Waals surface area contributed by atoms with Crippen molar-refractivity contribution in [3.05, 3.63) is 12.3 Å². The summed E-state index contributed by atoms with van der Waals surface area (Å²) in [6, 6.07) is 0. The Kier molecular flexibility index (Phi) is 5.20. The highest BCUT2D eigenvalue weighted by Crippen LogP contribution is 2.61. The molecule has 2 aliphatic rings. The van der Waals surface area contributed by atoms with Gasteiger partial charge in [-0.05, 0) is 46.1 Å². The van der Waals surface area contributed by atoms with Crippen LogP contribution in [0, 0.1) is 5.41 Å². The van der Waals surface area contributed by atoms with E-state index in [1.165, 1.54) is 20.1 Å². The quantitative estimate of drug-likeness (QED) is 0.726. The van der Waals surface area contributed by atoms with E-state index in [-0.39, 0.29) is 19.4 Å². The highest BCUT2D eigenvalue weighted by Gasteiger charge is 2.64. The molecule has 1 saturated carbocycles. The number of alkyl halides is 3. The summed E-state index contributed by atoms with van der Waals surface area (Å²) in [7, 11) is 1.32. The van der Waals surface area contributed by atoms with Crippen LogP contribution >= 0.6 is 0 Å². The molecule has 6 nitrogen and oxygen atoms in total. The third-order valence-electron chi connectivity index (χ3n) is 4.01. The molecule has 1 fully saturated rings. The van der Waals surface area contributed by atoms with Crippen molar-refractivity contribution in [3.63, 3.8) is 0 Å². The summed E-state index contributed by atoms with van der Waals surface area (Å²) in [4.78, 5) is 11.9. The molecule has 2 rings (SSSR count). The minimum atomic E-state index is -4.32. The number of hydrogen-bond donors (Lipinski definition) is 2. The Hall–Kier alpha value is -1.26. The van der Waals surface area contributed by atoms with Gasteiger partial charge in [-0.25, -0.2) is 9.80 Å². The SMILES string of the molecule is BC(O)(COC1C=CN(C(=O)OC(C)(C)C)N1)CC1(C(F)(F)F)CC1. The maximum absolute atomic E-state index is 13.0. The number of ether oxygens (including phenoxy) is 2. The van der Waals surface area contributed by atoms with Crippen LogP contribution in [0.5, 0.6) is 0 Å². The monoisotopic (exact) mass is 364 g/mol. The summed E-state index contributed by atoms with van der Waals surface area (Å²) in [5, 5.41) is 11.3. The zero-order valence-corrected chi connectivity index (χ0v) is 14.8. The first-order valence-electron chi connectivity index (χ1n) is 8.11. The predicted octanol–water partition coefficient (Wildman–Crippen LogP) is 1.65. The summed E-state index contributed by atoms with van der Waals surface area (Å²) >= 11 is 0. The molecule has 10 heteroatoms. The highest BCUT2D eigenvalue weighted by atomic mass is 19.4. The molecule has 0 bridgehead atoms. The molecule has 0 spiro atoms. The largest absolute Gasteiger partial charge is 0.442 e. The van der Waals surface area contributed by atoms with Crippen LogP contribution in [0.2, 0.25) is 0 Å². The number of hydrogen-bond acceptors (Lipinski definition) is 5. The van der Waals surface area contributed by atoms with E-state index >= 15 is 0 Å². The Labute approximate surface area is 145 Å². The molecule has 25 heavy (non-hydrogen) atoms. The van der Waals surface area contributed by atoms with Crippen molar-refractivity contribution in [2.45, 2.75) is 63.5 Å². The maximum Gasteiger partial charge on any atom is 0.429 e. The Morgan fingerprint density at radius 2 is 2.00 bits per heavy atom. The lowest BCUT2D eigenvalue weighted by atomic mass is 9.74. The molecule has 2 atom stereocenters. The second kappa shape index (κ2) is 6.48. The molecule has 1 amide bonds.